The standard InChI is InChI=1S/C23H30O4/c1-13-11-20-18(17-6-5-16(26)12-19(13)17)7-9-22(4)21(20)8-10-23(22,14(2)24)27-15(3)25/h11-12,17-18,20-21H,5-10H2,1-4H3/t17?,18-,20-,21+,22+,23+/m1/s1. The molecule has 1 unspecified atom stereocenters. The van der Waals surface area contributed by atoms with Crippen molar-refractivity contribution in [3.05, 3.63) is 23.3 Å². The van der Waals surface area contributed by atoms with Gasteiger partial charge in [-0.3, -0.25) is 14.4 Å². The number of fused-ring (bicyclic) bond motifs is 5. The Labute approximate surface area is 161 Å². The van der Waals surface area contributed by atoms with Gasteiger partial charge in [0, 0.05) is 18.8 Å². The number of carbonyl (C=O) groups excluding carboxylic acids is 3. The molecule has 2 saturated carbocycles. The van der Waals surface area contributed by atoms with Gasteiger partial charge in [-0.2, -0.15) is 0 Å². The van der Waals surface area contributed by atoms with Crippen LogP contribution < -0.4 is 0 Å². The molecule has 146 valence electrons. The van der Waals surface area contributed by atoms with E-state index in [1.165, 1.54) is 18.1 Å². The molecule has 0 heterocycles. The molecule has 2 fully saturated rings. The highest BCUT2D eigenvalue weighted by atomic mass is 16.6. The number of rotatable bonds is 2. The molecule has 0 aliphatic heterocycles. The van der Waals surface area contributed by atoms with Gasteiger partial charge in [-0.1, -0.05) is 18.6 Å². The van der Waals surface area contributed by atoms with Crippen LogP contribution in [-0.4, -0.2) is 23.1 Å². The van der Waals surface area contributed by atoms with E-state index in [0.29, 0.717) is 36.5 Å². The van der Waals surface area contributed by atoms with Crippen LogP contribution in [0.15, 0.2) is 23.3 Å². The molecule has 4 nitrogen and oxygen atoms in total. The molecular weight excluding hydrogens is 340 g/mol. The number of esters is 1. The van der Waals surface area contributed by atoms with Gasteiger partial charge in [-0.05, 0) is 81.3 Å². The zero-order valence-corrected chi connectivity index (χ0v) is 16.8. The zero-order chi connectivity index (χ0) is 19.6. The predicted octanol–water partition coefficient (Wildman–Crippen LogP) is 4.19. The summed E-state index contributed by atoms with van der Waals surface area (Å²) in [5.74, 6) is 1.61. The van der Waals surface area contributed by atoms with Crippen LogP contribution in [-0.2, 0) is 19.1 Å². The van der Waals surface area contributed by atoms with Gasteiger partial charge in [0.2, 0.25) is 0 Å². The SMILES string of the molecule is CC(=O)O[C@]1(C(C)=O)CC[C@H]2[C@@H]3C=C(C)C4=CC(=O)CCC4[C@H]3CC[C@@]21C. The van der Waals surface area contributed by atoms with Crippen LogP contribution in [0, 0.1) is 29.1 Å². The smallest absolute Gasteiger partial charge is 0.303 e. The van der Waals surface area contributed by atoms with E-state index < -0.39 is 5.60 Å². The summed E-state index contributed by atoms with van der Waals surface area (Å²) in [6, 6.07) is 0. The minimum absolute atomic E-state index is 0.0125. The summed E-state index contributed by atoms with van der Waals surface area (Å²) < 4.78 is 5.79. The Hall–Kier alpha value is -1.71. The van der Waals surface area contributed by atoms with Crippen molar-refractivity contribution in [2.75, 3.05) is 0 Å². The number of allylic oxidation sites excluding steroid dienone is 4. The topological polar surface area (TPSA) is 60.4 Å². The quantitative estimate of drug-likeness (QED) is 0.684. The molecule has 0 aromatic heterocycles. The van der Waals surface area contributed by atoms with E-state index in [9.17, 15) is 14.4 Å². The van der Waals surface area contributed by atoms with Crippen LogP contribution in [0.3, 0.4) is 0 Å². The number of ether oxygens (including phenoxy) is 1. The molecule has 27 heavy (non-hydrogen) atoms. The lowest BCUT2D eigenvalue weighted by molar-refractivity contribution is -0.184. The van der Waals surface area contributed by atoms with Gasteiger partial charge < -0.3 is 4.74 Å². The monoisotopic (exact) mass is 370 g/mol. The first-order chi connectivity index (χ1) is 12.7. The Bertz CT molecular complexity index is 775. The van der Waals surface area contributed by atoms with Crippen molar-refractivity contribution in [1.82, 2.24) is 0 Å². The lowest BCUT2D eigenvalue weighted by atomic mass is 9.51. The van der Waals surface area contributed by atoms with E-state index in [2.05, 4.69) is 19.9 Å². The third kappa shape index (κ3) is 2.51. The molecule has 6 atom stereocenters. The number of hydrogen-bond donors (Lipinski definition) is 0. The summed E-state index contributed by atoms with van der Waals surface area (Å²) in [5, 5.41) is 0. The molecule has 4 aliphatic rings. The zero-order valence-electron chi connectivity index (χ0n) is 16.8. The van der Waals surface area contributed by atoms with Gasteiger partial charge >= 0.3 is 5.97 Å². The van der Waals surface area contributed by atoms with Crippen LogP contribution in [0.2, 0.25) is 0 Å². The number of carbonyl (C=O) groups is 3. The van der Waals surface area contributed by atoms with E-state index in [-0.39, 0.29) is 23.0 Å². The lowest BCUT2D eigenvalue weighted by Crippen LogP contribution is -2.57. The summed E-state index contributed by atoms with van der Waals surface area (Å²) in [7, 11) is 0. The highest BCUT2D eigenvalue weighted by Crippen LogP contribution is 2.65. The number of Topliss-reactive ketones (excluding diaryl/α,β-unsaturated/α-hetero) is 1. The summed E-state index contributed by atoms with van der Waals surface area (Å²) in [6.45, 7) is 7.29. The Kier molecular flexibility index (Phi) is 4.25. The maximum Gasteiger partial charge on any atom is 0.303 e. The highest BCUT2D eigenvalue weighted by molar-refractivity contribution is 5.92. The highest BCUT2D eigenvalue weighted by Gasteiger charge is 2.66. The van der Waals surface area contributed by atoms with Crippen LogP contribution in [0.4, 0.5) is 0 Å². The van der Waals surface area contributed by atoms with Gasteiger partial charge in [0.05, 0.1) is 0 Å². The Balaban J connectivity index is 1.75. The van der Waals surface area contributed by atoms with E-state index in [4.69, 9.17) is 4.74 Å². The molecule has 0 N–H and O–H groups in total. The van der Waals surface area contributed by atoms with Crippen molar-refractivity contribution in [3.63, 3.8) is 0 Å². The molecule has 0 aromatic carbocycles. The van der Waals surface area contributed by atoms with Crippen LogP contribution in [0.25, 0.3) is 0 Å². The van der Waals surface area contributed by atoms with E-state index >= 15 is 0 Å². The third-order valence-corrected chi connectivity index (χ3v) is 8.22. The molecule has 4 heteroatoms. The minimum atomic E-state index is -0.977. The minimum Gasteiger partial charge on any atom is -0.451 e. The molecule has 4 rings (SSSR count). The Morgan fingerprint density at radius 2 is 1.89 bits per heavy atom. The maximum absolute atomic E-state index is 12.7. The fourth-order valence-corrected chi connectivity index (χ4v) is 7.04. The second kappa shape index (κ2) is 6.15. The Morgan fingerprint density at radius 3 is 2.56 bits per heavy atom. The molecule has 0 amide bonds. The summed E-state index contributed by atoms with van der Waals surface area (Å²) in [5.41, 5.74) is 1.18. The van der Waals surface area contributed by atoms with Crippen molar-refractivity contribution in [2.45, 2.75) is 71.8 Å². The first-order valence-corrected chi connectivity index (χ1v) is 10.3. The second-order valence-corrected chi connectivity index (χ2v) is 9.38. The molecule has 0 spiro atoms. The largest absolute Gasteiger partial charge is 0.451 e. The molecule has 4 aliphatic carbocycles. The van der Waals surface area contributed by atoms with Crippen molar-refractivity contribution in [2.24, 2.45) is 29.1 Å². The molecule has 0 aromatic rings. The van der Waals surface area contributed by atoms with Crippen LogP contribution >= 0.6 is 0 Å². The summed E-state index contributed by atoms with van der Waals surface area (Å²) in [4.78, 5) is 36.5. The van der Waals surface area contributed by atoms with Crippen LogP contribution in [0.1, 0.15) is 66.2 Å². The van der Waals surface area contributed by atoms with Crippen molar-refractivity contribution in [1.29, 1.82) is 0 Å². The van der Waals surface area contributed by atoms with Gasteiger partial charge in [0.1, 0.15) is 0 Å². The first-order valence-electron chi connectivity index (χ1n) is 10.3. The van der Waals surface area contributed by atoms with Gasteiger partial charge in [0.15, 0.2) is 17.2 Å². The average Bonchev–Trinajstić information content (AvgIpc) is 2.89. The second-order valence-electron chi connectivity index (χ2n) is 9.38. The molecule has 0 bridgehead atoms. The van der Waals surface area contributed by atoms with Crippen molar-refractivity contribution in [3.8, 4) is 0 Å². The van der Waals surface area contributed by atoms with E-state index in [1.807, 2.05) is 6.08 Å². The maximum atomic E-state index is 12.7. The molecular formula is C23H30O4. The van der Waals surface area contributed by atoms with Crippen molar-refractivity contribution < 1.29 is 19.1 Å². The van der Waals surface area contributed by atoms with Crippen LogP contribution in [0.5, 0.6) is 0 Å². The molecule has 0 radical (unpaired) electrons. The summed E-state index contributed by atoms with van der Waals surface area (Å²) in [6.07, 6.45) is 9.29. The fourth-order valence-electron chi connectivity index (χ4n) is 7.04. The average molecular weight is 370 g/mol. The molecule has 0 saturated heterocycles. The lowest BCUT2D eigenvalue weighted by Gasteiger charge is -2.54. The van der Waals surface area contributed by atoms with Gasteiger partial charge in [0.25, 0.3) is 0 Å². The van der Waals surface area contributed by atoms with E-state index in [1.54, 1.807) is 6.92 Å². The van der Waals surface area contributed by atoms with Gasteiger partial charge in [-0.15, -0.1) is 0 Å². The predicted molar refractivity (Wildman–Crippen MR) is 102 cm³/mol. The first kappa shape index (κ1) is 18.6. The summed E-state index contributed by atoms with van der Waals surface area (Å²) >= 11 is 0. The van der Waals surface area contributed by atoms with E-state index in [0.717, 1.165) is 25.7 Å². The number of hydrogen-bond acceptors (Lipinski definition) is 4. The van der Waals surface area contributed by atoms with Crippen molar-refractivity contribution >= 4 is 17.5 Å². The fraction of sp³-hybridized carbons (Fsp3) is 0.696. The normalized spacial score (nSPS) is 43.0. The number of ketones is 2. The Morgan fingerprint density at radius 1 is 1.15 bits per heavy atom. The third-order valence-electron chi connectivity index (χ3n) is 8.22. The van der Waals surface area contributed by atoms with Gasteiger partial charge in [-0.25, -0.2) is 0 Å².